The third kappa shape index (κ3) is 5.91. The highest BCUT2D eigenvalue weighted by Crippen LogP contribution is 2.54. The normalized spacial score (nSPS) is 12.7. The molecule has 1 aliphatic rings. The molecular formula is C57H41NS. The van der Waals surface area contributed by atoms with Crippen molar-refractivity contribution in [3.63, 3.8) is 0 Å². The monoisotopic (exact) mass is 771 g/mol. The van der Waals surface area contributed by atoms with Crippen LogP contribution in [0.4, 0.5) is 17.1 Å². The first-order valence-corrected chi connectivity index (χ1v) is 21.2. The van der Waals surface area contributed by atoms with Crippen molar-refractivity contribution in [2.75, 3.05) is 4.90 Å². The fraction of sp³-hybridized carbons (Fsp3) is 0.0526. The third-order valence-electron chi connectivity index (χ3n) is 12.3. The van der Waals surface area contributed by atoms with Gasteiger partial charge in [-0.05, 0) is 98.1 Å². The lowest BCUT2D eigenvalue weighted by Crippen LogP contribution is -2.17. The molecule has 0 fully saturated rings. The van der Waals surface area contributed by atoms with Crippen molar-refractivity contribution in [3.8, 4) is 55.6 Å². The Bertz CT molecular complexity index is 3160. The van der Waals surface area contributed by atoms with Gasteiger partial charge in [-0.15, -0.1) is 11.3 Å². The lowest BCUT2D eigenvalue weighted by molar-refractivity contribution is 0.660. The number of thiophene rings is 1. The van der Waals surface area contributed by atoms with Crippen molar-refractivity contribution in [1.82, 2.24) is 0 Å². The van der Waals surface area contributed by atoms with Gasteiger partial charge in [-0.3, -0.25) is 0 Å². The van der Waals surface area contributed by atoms with E-state index in [1.807, 2.05) is 11.3 Å². The van der Waals surface area contributed by atoms with E-state index in [0.29, 0.717) is 0 Å². The second-order valence-electron chi connectivity index (χ2n) is 16.1. The van der Waals surface area contributed by atoms with Gasteiger partial charge in [0.05, 0.1) is 11.4 Å². The van der Waals surface area contributed by atoms with E-state index in [1.54, 1.807) is 0 Å². The van der Waals surface area contributed by atoms with Crippen molar-refractivity contribution in [2.24, 2.45) is 0 Å². The van der Waals surface area contributed by atoms with Gasteiger partial charge in [-0.1, -0.05) is 184 Å². The second kappa shape index (κ2) is 14.1. The zero-order valence-electron chi connectivity index (χ0n) is 33.1. The summed E-state index contributed by atoms with van der Waals surface area (Å²) >= 11 is 1.87. The molecule has 1 aliphatic carbocycles. The first-order chi connectivity index (χ1) is 29.0. The predicted molar refractivity (Wildman–Crippen MR) is 253 cm³/mol. The number of nitrogens with zero attached hydrogens (tertiary/aromatic N) is 1. The van der Waals surface area contributed by atoms with E-state index in [2.05, 4.69) is 231 Å². The Balaban J connectivity index is 1.22. The molecule has 11 rings (SSSR count). The number of hydrogen-bond acceptors (Lipinski definition) is 2. The van der Waals surface area contributed by atoms with Gasteiger partial charge < -0.3 is 4.90 Å². The molecule has 9 aromatic carbocycles. The Kier molecular flexibility index (Phi) is 8.43. The van der Waals surface area contributed by atoms with Crippen molar-refractivity contribution < 1.29 is 0 Å². The van der Waals surface area contributed by atoms with E-state index in [4.69, 9.17) is 0 Å². The summed E-state index contributed by atoms with van der Waals surface area (Å²) in [6, 6.07) is 78.2. The molecule has 1 aromatic heterocycles. The van der Waals surface area contributed by atoms with Gasteiger partial charge in [-0.25, -0.2) is 0 Å². The van der Waals surface area contributed by atoms with E-state index in [-0.39, 0.29) is 5.41 Å². The molecule has 0 radical (unpaired) electrons. The summed E-state index contributed by atoms with van der Waals surface area (Å²) in [5, 5.41) is 2.57. The Morgan fingerprint density at radius 3 is 1.68 bits per heavy atom. The summed E-state index contributed by atoms with van der Waals surface area (Å²) in [4.78, 5) is 2.54. The van der Waals surface area contributed by atoms with E-state index in [0.717, 1.165) is 17.1 Å². The Morgan fingerprint density at radius 1 is 0.373 bits per heavy atom. The Morgan fingerprint density at radius 2 is 0.932 bits per heavy atom. The molecule has 1 nitrogen and oxygen atoms in total. The largest absolute Gasteiger partial charge is 0.309 e. The van der Waals surface area contributed by atoms with Crippen LogP contribution in [0, 0.1) is 0 Å². The van der Waals surface area contributed by atoms with Crippen molar-refractivity contribution in [1.29, 1.82) is 0 Å². The Labute approximate surface area is 350 Å². The van der Waals surface area contributed by atoms with Gasteiger partial charge in [0.1, 0.15) is 0 Å². The molecule has 0 amide bonds. The second-order valence-corrected chi connectivity index (χ2v) is 17.2. The van der Waals surface area contributed by atoms with Crippen molar-refractivity contribution in [2.45, 2.75) is 19.3 Å². The minimum atomic E-state index is -0.156. The summed E-state index contributed by atoms with van der Waals surface area (Å²) in [5.41, 5.74) is 18.2. The van der Waals surface area contributed by atoms with Gasteiger partial charge in [0.2, 0.25) is 0 Å². The van der Waals surface area contributed by atoms with Crippen LogP contribution in [0.1, 0.15) is 25.0 Å². The molecule has 280 valence electrons. The van der Waals surface area contributed by atoms with Crippen LogP contribution in [0.2, 0.25) is 0 Å². The van der Waals surface area contributed by atoms with E-state index in [9.17, 15) is 0 Å². The Hall–Kier alpha value is -7.00. The molecule has 0 bridgehead atoms. The summed E-state index contributed by atoms with van der Waals surface area (Å²) in [6.07, 6.45) is 0. The minimum Gasteiger partial charge on any atom is -0.309 e. The maximum atomic E-state index is 2.54. The van der Waals surface area contributed by atoms with Crippen LogP contribution in [0.15, 0.2) is 212 Å². The first kappa shape index (κ1) is 35.2. The molecule has 59 heavy (non-hydrogen) atoms. The number of benzene rings is 9. The quantitative estimate of drug-likeness (QED) is 0.156. The fourth-order valence-electron chi connectivity index (χ4n) is 9.37. The molecule has 2 heteroatoms. The molecule has 1 heterocycles. The molecule has 10 aromatic rings. The SMILES string of the molecule is CC1(C)c2ccccc2-c2ccc(N(c3ccc(-c4ccccc4)cc3-c3ccccc3)c3ccc4sc5ccccc5c4c3-c3ccc(-c4ccccc4)cc3)cc21. The summed E-state index contributed by atoms with van der Waals surface area (Å²) in [7, 11) is 0. The van der Waals surface area contributed by atoms with Gasteiger partial charge in [0, 0.05) is 42.4 Å². The maximum absolute atomic E-state index is 2.54. The van der Waals surface area contributed by atoms with Crippen LogP contribution >= 0.6 is 11.3 Å². The van der Waals surface area contributed by atoms with Crippen molar-refractivity contribution >= 4 is 48.6 Å². The average molecular weight is 772 g/mol. The predicted octanol–water partition coefficient (Wildman–Crippen LogP) is 16.5. The molecule has 0 N–H and O–H groups in total. The van der Waals surface area contributed by atoms with Gasteiger partial charge in [0.15, 0.2) is 0 Å². The van der Waals surface area contributed by atoms with Crippen LogP contribution in [-0.2, 0) is 5.41 Å². The fourth-order valence-corrected chi connectivity index (χ4v) is 10.5. The summed E-state index contributed by atoms with van der Waals surface area (Å²) in [5.74, 6) is 0. The van der Waals surface area contributed by atoms with Crippen LogP contribution in [0.5, 0.6) is 0 Å². The lowest BCUT2D eigenvalue weighted by atomic mass is 9.82. The number of rotatable bonds is 7. The maximum Gasteiger partial charge on any atom is 0.0547 e. The van der Waals surface area contributed by atoms with Crippen LogP contribution in [0.3, 0.4) is 0 Å². The summed E-state index contributed by atoms with van der Waals surface area (Å²) in [6.45, 7) is 4.75. The number of hydrogen-bond donors (Lipinski definition) is 0. The van der Waals surface area contributed by atoms with E-state index < -0.39 is 0 Å². The highest BCUT2D eigenvalue weighted by atomic mass is 32.1. The standard InChI is InChI=1S/C57H41NS/c1-57(2)49-24-14-12-22-45(49)46-32-31-44(37-50(46)57)58(51-33-30-43(39-18-8-4-9-19-39)36-48(51)41-20-10-5-11-21-41)52-34-35-54-56(47-23-13-15-25-53(47)59-54)55(52)42-28-26-40(27-29-42)38-16-6-3-7-17-38/h3-37H,1-2H3. The van der Waals surface area contributed by atoms with E-state index >= 15 is 0 Å². The topological polar surface area (TPSA) is 3.24 Å². The average Bonchev–Trinajstić information content (AvgIpc) is 3.79. The molecule has 0 saturated carbocycles. The lowest BCUT2D eigenvalue weighted by Gasteiger charge is -2.32. The molecule has 0 aliphatic heterocycles. The number of anilines is 3. The third-order valence-corrected chi connectivity index (χ3v) is 13.4. The highest BCUT2D eigenvalue weighted by molar-refractivity contribution is 7.26. The molecule has 0 atom stereocenters. The number of fused-ring (bicyclic) bond motifs is 6. The van der Waals surface area contributed by atoms with E-state index in [1.165, 1.54) is 86.9 Å². The minimum absolute atomic E-state index is 0.156. The van der Waals surface area contributed by atoms with Crippen LogP contribution in [-0.4, -0.2) is 0 Å². The van der Waals surface area contributed by atoms with Crippen molar-refractivity contribution in [3.05, 3.63) is 223 Å². The van der Waals surface area contributed by atoms with Crippen LogP contribution in [0.25, 0.3) is 75.8 Å². The molecular weight excluding hydrogens is 731 g/mol. The molecule has 0 saturated heterocycles. The summed E-state index contributed by atoms with van der Waals surface area (Å²) < 4.78 is 2.58. The zero-order chi connectivity index (χ0) is 39.5. The molecule has 0 unspecified atom stereocenters. The first-order valence-electron chi connectivity index (χ1n) is 20.4. The smallest absolute Gasteiger partial charge is 0.0547 e. The van der Waals surface area contributed by atoms with Crippen LogP contribution < -0.4 is 4.90 Å². The zero-order valence-corrected chi connectivity index (χ0v) is 33.9. The van der Waals surface area contributed by atoms with Gasteiger partial charge in [0.25, 0.3) is 0 Å². The van der Waals surface area contributed by atoms with Gasteiger partial charge in [-0.2, -0.15) is 0 Å². The molecule has 0 spiro atoms. The highest BCUT2D eigenvalue weighted by Gasteiger charge is 2.36. The van der Waals surface area contributed by atoms with Gasteiger partial charge >= 0.3 is 0 Å².